The van der Waals surface area contributed by atoms with Crippen LogP contribution in [0.2, 0.25) is 0 Å². The van der Waals surface area contributed by atoms with E-state index in [2.05, 4.69) is 5.32 Å². The molecule has 2 aromatic rings. The topological polar surface area (TPSA) is 110 Å². The van der Waals surface area contributed by atoms with Gasteiger partial charge in [0.25, 0.3) is 11.6 Å². The molecule has 0 aliphatic heterocycles. The zero-order valence-electron chi connectivity index (χ0n) is 12.3. The van der Waals surface area contributed by atoms with Gasteiger partial charge in [0.05, 0.1) is 4.92 Å². The molecule has 0 aliphatic rings. The predicted molar refractivity (Wildman–Crippen MR) is 82.1 cm³/mol. The van der Waals surface area contributed by atoms with E-state index >= 15 is 0 Å². The monoisotopic (exact) mass is 332 g/mol. The normalized spacial score (nSPS) is 11.5. The number of halogens is 1. The number of carbonyl (C=O) groups excluding carboxylic acids is 1. The third-order valence-corrected chi connectivity index (χ3v) is 3.28. The molecule has 0 saturated carbocycles. The first-order valence-corrected chi connectivity index (χ1v) is 6.89. The van der Waals surface area contributed by atoms with Gasteiger partial charge in [-0.05, 0) is 23.8 Å². The summed E-state index contributed by atoms with van der Waals surface area (Å²) in [5.41, 5.74) is 0.241. The first-order chi connectivity index (χ1) is 11.4. The summed E-state index contributed by atoms with van der Waals surface area (Å²) in [6.45, 7) is 0. The molecular formula is C16H13FN2O5. The Kier molecular flexibility index (Phi) is 5.20. The van der Waals surface area contributed by atoms with Crippen molar-refractivity contribution in [3.05, 3.63) is 75.6 Å². The molecule has 0 unspecified atom stereocenters. The maximum atomic E-state index is 12.9. The summed E-state index contributed by atoms with van der Waals surface area (Å²) < 4.78 is 12.9. The molecule has 1 atom stereocenters. The Hall–Kier alpha value is -3.29. The van der Waals surface area contributed by atoms with E-state index in [1.807, 2.05) is 0 Å². The summed E-state index contributed by atoms with van der Waals surface area (Å²) >= 11 is 0. The fourth-order valence-corrected chi connectivity index (χ4v) is 2.06. The predicted octanol–water partition coefficient (Wildman–Crippen LogP) is 2.16. The number of aliphatic carboxylic acids is 1. The summed E-state index contributed by atoms with van der Waals surface area (Å²) in [5.74, 6) is -2.46. The number of rotatable bonds is 6. The van der Waals surface area contributed by atoms with E-state index in [1.54, 1.807) is 0 Å². The van der Waals surface area contributed by atoms with Crippen molar-refractivity contribution in [2.75, 3.05) is 0 Å². The van der Waals surface area contributed by atoms with Crippen molar-refractivity contribution in [3.8, 4) is 0 Å². The number of carbonyl (C=O) groups is 2. The van der Waals surface area contributed by atoms with Gasteiger partial charge in [-0.15, -0.1) is 0 Å². The van der Waals surface area contributed by atoms with Crippen LogP contribution in [0, 0.1) is 15.9 Å². The molecule has 2 N–H and O–H groups in total. The number of benzene rings is 2. The number of carboxylic acid groups (broad SMARTS) is 1. The molecule has 0 heterocycles. The summed E-state index contributed by atoms with van der Waals surface area (Å²) in [6.07, 6.45) is -0.0454. The zero-order chi connectivity index (χ0) is 17.7. The summed E-state index contributed by atoms with van der Waals surface area (Å²) in [5, 5.41) is 22.3. The van der Waals surface area contributed by atoms with Gasteiger partial charge in [0, 0.05) is 24.1 Å². The number of non-ortho nitro benzene ring substituents is 1. The van der Waals surface area contributed by atoms with Crippen LogP contribution < -0.4 is 5.32 Å². The van der Waals surface area contributed by atoms with Crippen LogP contribution in [-0.2, 0) is 11.2 Å². The highest BCUT2D eigenvalue weighted by Crippen LogP contribution is 2.13. The van der Waals surface area contributed by atoms with Gasteiger partial charge in [-0.3, -0.25) is 14.9 Å². The van der Waals surface area contributed by atoms with Crippen LogP contribution in [-0.4, -0.2) is 27.9 Å². The van der Waals surface area contributed by atoms with Crippen molar-refractivity contribution in [2.45, 2.75) is 12.5 Å². The summed E-state index contributed by atoms with van der Waals surface area (Å²) in [6, 6.07) is 8.95. The number of hydrogen-bond acceptors (Lipinski definition) is 4. The van der Waals surface area contributed by atoms with Crippen LogP contribution in [0.4, 0.5) is 10.1 Å². The molecule has 2 rings (SSSR count). The van der Waals surface area contributed by atoms with Crippen LogP contribution >= 0.6 is 0 Å². The van der Waals surface area contributed by atoms with Gasteiger partial charge < -0.3 is 10.4 Å². The maximum absolute atomic E-state index is 12.9. The second-order valence-corrected chi connectivity index (χ2v) is 5.00. The van der Waals surface area contributed by atoms with E-state index in [-0.39, 0.29) is 17.7 Å². The number of nitro benzene ring substituents is 1. The van der Waals surface area contributed by atoms with Gasteiger partial charge in [-0.2, -0.15) is 0 Å². The largest absolute Gasteiger partial charge is 0.480 e. The number of hydrogen-bond donors (Lipinski definition) is 2. The second kappa shape index (κ2) is 7.32. The summed E-state index contributed by atoms with van der Waals surface area (Å²) in [4.78, 5) is 33.5. The minimum absolute atomic E-state index is 0.0189. The van der Waals surface area contributed by atoms with E-state index < -0.39 is 28.7 Å². The van der Waals surface area contributed by atoms with Crippen molar-refractivity contribution in [1.82, 2.24) is 5.32 Å². The quantitative estimate of drug-likeness (QED) is 0.622. The molecule has 0 spiro atoms. The maximum Gasteiger partial charge on any atom is 0.326 e. The molecule has 8 heteroatoms. The van der Waals surface area contributed by atoms with Crippen LogP contribution in [0.25, 0.3) is 0 Å². The average molecular weight is 332 g/mol. The lowest BCUT2D eigenvalue weighted by molar-refractivity contribution is -0.384. The van der Waals surface area contributed by atoms with Crippen LogP contribution in [0.3, 0.4) is 0 Å². The number of nitro groups is 1. The Bertz CT molecular complexity index is 776. The molecule has 0 aromatic heterocycles. The first kappa shape index (κ1) is 17.1. The van der Waals surface area contributed by atoms with Gasteiger partial charge in [-0.25, -0.2) is 9.18 Å². The van der Waals surface area contributed by atoms with Gasteiger partial charge in [0.2, 0.25) is 0 Å². The number of nitrogens with zero attached hydrogens (tertiary/aromatic N) is 1. The van der Waals surface area contributed by atoms with Crippen molar-refractivity contribution >= 4 is 17.6 Å². The lowest BCUT2D eigenvalue weighted by Crippen LogP contribution is -2.42. The minimum atomic E-state index is -1.27. The van der Waals surface area contributed by atoms with E-state index in [9.17, 15) is 29.2 Å². The highest BCUT2D eigenvalue weighted by atomic mass is 19.1. The van der Waals surface area contributed by atoms with Crippen molar-refractivity contribution < 1.29 is 24.0 Å². The van der Waals surface area contributed by atoms with E-state index in [4.69, 9.17) is 0 Å². The number of amides is 1. The Morgan fingerprint density at radius 2 is 1.88 bits per heavy atom. The lowest BCUT2D eigenvalue weighted by atomic mass is 10.1. The highest BCUT2D eigenvalue weighted by molar-refractivity contribution is 5.97. The van der Waals surface area contributed by atoms with Crippen molar-refractivity contribution in [2.24, 2.45) is 0 Å². The Labute approximate surface area is 135 Å². The van der Waals surface area contributed by atoms with Crippen LogP contribution in [0.15, 0.2) is 48.5 Å². The van der Waals surface area contributed by atoms with Crippen molar-refractivity contribution in [3.63, 3.8) is 0 Å². The Morgan fingerprint density at radius 1 is 1.21 bits per heavy atom. The Balaban J connectivity index is 2.13. The molecule has 124 valence electrons. The molecule has 2 aromatic carbocycles. The number of nitrogens with one attached hydrogen (secondary N) is 1. The second-order valence-electron chi connectivity index (χ2n) is 5.00. The molecule has 0 bridgehead atoms. The zero-order valence-corrected chi connectivity index (χ0v) is 12.3. The van der Waals surface area contributed by atoms with E-state index in [0.717, 1.165) is 6.07 Å². The standard InChI is InChI=1S/C16H13FN2O5/c17-12-6-4-10(5-7-12)8-14(16(21)22)18-15(20)11-2-1-3-13(9-11)19(23)24/h1-7,9,14H,8H2,(H,18,20)(H,21,22)/t14-/m0/s1. The number of carboxylic acids is 1. The third kappa shape index (κ3) is 4.35. The highest BCUT2D eigenvalue weighted by Gasteiger charge is 2.22. The SMILES string of the molecule is O=C(N[C@@H](Cc1ccc(F)cc1)C(=O)O)c1cccc([N+](=O)[O-])c1. The lowest BCUT2D eigenvalue weighted by Gasteiger charge is -2.14. The van der Waals surface area contributed by atoms with Crippen LogP contribution in [0.1, 0.15) is 15.9 Å². The molecular weight excluding hydrogens is 319 g/mol. The fraction of sp³-hybridized carbons (Fsp3) is 0.125. The minimum Gasteiger partial charge on any atom is -0.480 e. The molecule has 0 aliphatic carbocycles. The molecule has 0 saturated heterocycles. The van der Waals surface area contributed by atoms with Gasteiger partial charge in [0.1, 0.15) is 11.9 Å². The Morgan fingerprint density at radius 3 is 2.46 bits per heavy atom. The molecule has 0 radical (unpaired) electrons. The van der Waals surface area contributed by atoms with Gasteiger partial charge >= 0.3 is 5.97 Å². The van der Waals surface area contributed by atoms with Gasteiger partial charge in [0.15, 0.2) is 0 Å². The fourth-order valence-electron chi connectivity index (χ4n) is 2.06. The third-order valence-electron chi connectivity index (χ3n) is 3.28. The first-order valence-electron chi connectivity index (χ1n) is 6.89. The smallest absolute Gasteiger partial charge is 0.326 e. The molecule has 7 nitrogen and oxygen atoms in total. The summed E-state index contributed by atoms with van der Waals surface area (Å²) in [7, 11) is 0. The van der Waals surface area contributed by atoms with Gasteiger partial charge in [-0.1, -0.05) is 18.2 Å². The van der Waals surface area contributed by atoms with Crippen LogP contribution in [0.5, 0.6) is 0 Å². The molecule has 1 amide bonds. The average Bonchev–Trinajstić information content (AvgIpc) is 2.56. The van der Waals surface area contributed by atoms with E-state index in [0.29, 0.717) is 5.56 Å². The molecule has 0 fully saturated rings. The van der Waals surface area contributed by atoms with Crippen molar-refractivity contribution in [1.29, 1.82) is 0 Å². The van der Waals surface area contributed by atoms with E-state index in [1.165, 1.54) is 42.5 Å². The molecule has 24 heavy (non-hydrogen) atoms.